The van der Waals surface area contributed by atoms with Crippen LogP contribution in [0.2, 0.25) is 0 Å². The first-order valence-corrected chi connectivity index (χ1v) is 7.93. The van der Waals surface area contributed by atoms with Crippen molar-refractivity contribution < 1.29 is 23.5 Å². The molecule has 2 aliphatic rings. The number of aliphatic hydroxyl groups is 1. The van der Waals surface area contributed by atoms with Crippen molar-refractivity contribution in [3.63, 3.8) is 0 Å². The van der Waals surface area contributed by atoms with E-state index < -0.39 is 35.2 Å². The Labute approximate surface area is 129 Å². The van der Waals surface area contributed by atoms with Gasteiger partial charge in [-0.05, 0) is 18.2 Å². The predicted molar refractivity (Wildman–Crippen MR) is 76.2 cm³/mol. The molecule has 0 aromatic heterocycles. The highest BCUT2D eigenvalue weighted by molar-refractivity contribution is 7.99. The molecular weight excluding hydrogens is 314 g/mol. The van der Waals surface area contributed by atoms with Crippen LogP contribution in [0.1, 0.15) is 18.1 Å². The highest BCUT2D eigenvalue weighted by atomic mass is 32.2. The van der Waals surface area contributed by atoms with Gasteiger partial charge in [0.1, 0.15) is 17.2 Å². The molecule has 2 aliphatic heterocycles. The van der Waals surface area contributed by atoms with E-state index >= 15 is 0 Å². The van der Waals surface area contributed by atoms with Gasteiger partial charge in [0, 0.05) is 17.4 Å². The molecule has 2 atom stereocenters. The van der Waals surface area contributed by atoms with Crippen molar-refractivity contribution in [2.75, 3.05) is 18.1 Å². The molecule has 0 saturated carbocycles. The number of carbonyl (C=O) groups is 2. The minimum Gasteiger partial charge on any atom is -0.386 e. The van der Waals surface area contributed by atoms with E-state index in [1.54, 1.807) is 11.8 Å². The molecule has 1 spiro atoms. The molecule has 0 unspecified atom stereocenters. The summed E-state index contributed by atoms with van der Waals surface area (Å²) in [5, 5.41) is 12.7. The number of halogens is 2. The van der Waals surface area contributed by atoms with E-state index in [0.717, 1.165) is 22.8 Å². The second-order valence-electron chi connectivity index (χ2n) is 5.41. The predicted octanol–water partition coefficient (Wildman–Crippen LogP) is 1.43. The largest absolute Gasteiger partial charge is 0.386 e. The van der Waals surface area contributed by atoms with Gasteiger partial charge in [0.05, 0.1) is 12.6 Å². The molecule has 2 saturated heterocycles. The average molecular weight is 328 g/mol. The fraction of sp³-hybridized carbons (Fsp3) is 0.429. The number of imide groups is 1. The van der Waals surface area contributed by atoms with E-state index in [1.165, 1.54) is 0 Å². The summed E-state index contributed by atoms with van der Waals surface area (Å²) < 4.78 is 26.5. The average Bonchev–Trinajstić information content (AvgIpc) is 3.00. The number of thioether (sulfide) groups is 1. The van der Waals surface area contributed by atoms with Gasteiger partial charge in [-0.2, -0.15) is 11.8 Å². The van der Waals surface area contributed by atoms with Gasteiger partial charge in [0.2, 0.25) is 0 Å². The van der Waals surface area contributed by atoms with Crippen LogP contribution < -0.4 is 5.32 Å². The summed E-state index contributed by atoms with van der Waals surface area (Å²) in [6.07, 6.45) is -0.862. The molecule has 2 heterocycles. The maximum atomic E-state index is 13.7. The number of amides is 3. The number of β-amino-alcohol motifs (C(OH)–C–C–N with tert-alkyl or cyclic N) is 1. The van der Waals surface area contributed by atoms with E-state index in [4.69, 9.17) is 0 Å². The summed E-state index contributed by atoms with van der Waals surface area (Å²) in [5.74, 6) is -0.801. The molecular formula is C14H14F2N2O3S. The van der Waals surface area contributed by atoms with Crippen molar-refractivity contribution in [3.8, 4) is 0 Å². The van der Waals surface area contributed by atoms with Crippen molar-refractivity contribution in [1.82, 2.24) is 10.2 Å². The Bertz CT molecular complexity index is 635. The SMILES string of the molecule is O=C1N[C@]2(CCSC2)C(=O)N1C[C@@H](O)c1ccc(F)cc1F. The highest BCUT2D eigenvalue weighted by Crippen LogP contribution is 2.34. The lowest BCUT2D eigenvalue weighted by Crippen LogP contribution is -2.47. The number of hydrogen-bond donors (Lipinski definition) is 2. The lowest BCUT2D eigenvalue weighted by atomic mass is 9.99. The summed E-state index contributed by atoms with van der Waals surface area (Å²) in [6.45, 7) is -0.361. The fourth-order valence-electron chi connectivity index (χ4n) is 2.72. The monoisotopic (exact) mass is 328 g/mol. The van der Waals surface area contributed by atoms with E-state index in [2.05, 4.69) is 5.32 Å². The fourth-order valence-corrected chi connectivity index (χ4v) is 4.04. The van der Waals surface area contributed by atoms with Crippen molar-refractivity contribution in [1.29, 1.82) is 0 Å². The minimum absolute atomic E-state index is 0.149. The zero-order valence-electron chi connectivity index (χ0n) is 11.5. The maximum absolute atomic E-state index is 13.7. The van der Waals surface area contributed by atoms with Gasteiger partial charge < -0.3 is 10.4 Å². The second-order valence-corrected chi connectivity index (χ2v) is 6.52. The van der Waals surface area contributed by atoms with Crippen molar-refractivity contribution in [2.45, 2.75) is 18.1 Å². The quantitative estimate of drug-likeness (QED) is 0.824. The zero-order valence-corrected chi connectivity index (χ0v) is 12.3. The van der Waals surface area contributed by atoms with Gasteiger partial charge >= 0.3 is 6.03 Å². The summed E-state index contributed by atoms with van der Waals surface area (Å²) in [6, 6.07) is 2.19. The molecule has 0 bridgehead atoms. The van der Waals surface area contributed by atoms with Crippen molar-refractivity contribution in [3.05, 3.63) is 35.4 Å². The maximum Gasteiger partial charge on any atom is 0.325 e. The van der Waals surface area contributed by atoms with Gasteiger partial charge in [-0.3, -0.25) is 9.69 Å². The Morgan fingerprint density at radius 2 is 2.18 bits per heavy atom. The summed E-state index contributed by atoms with van der Waals surface area (Å²) in [4.78, 5) is 25.3. The first-order valence-electron chi connectivity index (χ1n) is 6.78. The van der Waals surface area contributed by atoms with Crippen molar-refractivity contribution in [2.24, 2.45) is 0 Å². The number of hydrogen-bond acceptors (Lipinski definition) is 4. The number of aliphatic hydroxyl groups excluding tert-OH is 1. The van der Waals surface area contributed by atoms with Crippen LogP contribution in [0.3, 0.4) is 0 Å². The standard InChI is InChI=1S/C14H14F2N2O3S/c15-8-1-2-9(10(16)5-8)11(19)6-18-12(20)14(17-13(18)21)3-4-22-7-14/h1-2,5,11,19H,3-4,6-7H2,(H,17,21)/t11-,14+/m1/s1. The Morgan fingerprint density at radius 1 is 1.41 bits per heavy atom. The van der Waals surface area contributed by atoms with Gasteiger partial charge in [-0.25, -0.2) is 13.6 Å². The van der Waals surface area contributed by atoms with Crippen LogP contribution >= 0.6 is 11.8 Å². The Morgan fingerprint density at radius 3 is 2.82 bits per heavy atom. The number of urea groups is 1. The van der Waals surface area contributed by atoms with Crippen LogP contribution in [0.25, 0.3) is 0 Å². The van der Waals surface area contributed by atoms with Crippen LogP contribution in [-0.2, 0) is 4.79 Å². The number of nitrogens with zero attached hydrogens (tertiary/aromatic N) is 1. The van der Waals surface area contributed by atoms with Crippen LogP contribution in [0.4, 0.5) is 13.6 Å². The van der Waals surface area contributed by atoms with Crippen molar-refractivity contribution >= 4 is 23.7 Å². The normalized spacial score (nSPS) is 25.9. The zero-order chi connectivity index (χ0) is 15.9. The van der Waals surface area contributed by atoms with Crippen LogP contribution in [0.5, 0.6) is 0 Å². The van der Waals surface area contributed by atoms with Crippen LogP contribution in [0.15, 0.2) is 18.2 Å². The van der Waals surface area contributed by atoms with Crippen LogP contribution in [0, 0.1) is 11.6 Å². The smallest absolute Gasteiger partial charge is 0.325 e. The Kier molecular flexibility index (Phi) is 3.82. The van der Waals surface area contributed by atoms with Crippen LogP contribution in [-0.4, -0.2) is 45.5 Å². The van der Waals surface area contributed by atoms with E-state index in [9.17, 15) is 23.5 Å². The van der Waals surface area contributed by atoms with E-state index in [-0.39, 0.29) is 12.1 Å². The molecule has 5 nitrogen and oxygen atoms in total. The molecule has 0 aliphatic carbocycles. The van der Waals surface area contributed by atoms with E-state index in [0.29, 0.717) is 18.2 Å². The second kappa shape index (κ2) is 5.51. The Hall–Kier alpha value is -1.67. The molecule has 1 aromatic carbocycles. The summed E-state index contributed by atoms with van der Waals surface area (Å²) >= 11 is 1.57. The lowest BCUT2D eigenvalue weighted by Gasteiger charge is -2.21. The molecule has 2 fully saturated rings. The van der Waals surface area contributed by atoms with Gasteiger partial charge in [0.25, 0.3) is 5.91 Å². The Balaban J connectivity index is 1.77. The summed E-state index contributed by atoms with van der Waals surface area (Å²) in [5.41, 5.74) is -1.05. The number of rotatable bonds is 3. The molecule has 118 valence electrons. The number of carbonyl (C=O) groups excluding carboxylic acids is 2. The third-order valence-corrected chi connectivity index (χ3v) is 5.13. The first-order chi connectivity index (χ1) is 10.4. The highest BCUT2D eigenvalue weighted by Gasteiger charge is 2.53. The van der Waals surface area contributed by atoms with E-state index in [1.807, 2.05) is 0 Å². The summed E-state index contributed by atoms with van der Waals surface area (Å²) in [7, 11) is 0. The topological polar surface area (TPSA) is 69.6 Å². The third-order valence-electron chi connectivity index (χ3n) is 3.94. The molecule has 8 heteroatoms. The third kappa shape index (κ3) is 2.46. The first kappa shape index (κ1) is 15.2. The van der Waals surface area contributed by atoms with Gasteiger partial charge in [-0.1, -0.05) is 6.07 Å². The molecule has 3 rings (SSSR count). The van der Waals surface area contributed by atoms with Gasteiger partial charge in [-0.15, -0.1) is 0 Å². The number of nitrogens with one attached hydrogen (secondary N) is 1. The molecule has 22 heavy (non-hydrogen) atoms. The molecule has 1 aromatic rings. The van der Waals surface area contributed by atoms with Gasteiger partial charge in [0.15, 0.2) is 0 Å². The lowest BCUT2D eigenvalue weighted by molar-refractivity contribution is -0.131. The molecule has 2 N–H and O–H groups in total. The number of benzene rings is 1. The molecule has 0 radical (unpaired) electrons. The minimum atomic E-state index is -1.40. The molecule has 3 amide bonds.